The van der Waals surface area contributed by atoms with Crippen LogP contribution in [0.5, 0.6) is 0 Å². The van der Waals surface area contributed by atoms with Gasteiger partial charge in [0, 0.05) is 15.5 Å². The number of thiophene rings is 1. The number of nitrogen functional groups attached to an aromatic ring is 1. The molecule has 2 aromatic rings. The highest BCUT2D eigenvalue weighted by Gasteiger charge is 2.24. The van der Waals surface area contributed by atoms with Gasteiger partial charge in [-0.1, -0.05) is 19.4 Å². The first-order chi connectivity index (χ1) is 9.94. The van der Waals surface area contributed by atoms with Crippen LogP contribution in [0, 0.1) is 0 Å². The van der Waals surface area contributed by atoms with E-state index < -0.39 is 10.0 Å². The third-order valence-corrected chi connectivity index (χ3v) is 5.82. The molecule has 0 bridgehead atoms. The quantitative estimate of drug-likeness (QED) is 0.793. The average molecular weight is 390 g/mol. The van der Waals surface area contributed by atoms with Gasteiger partial charge in [0.15, 0.2) is 0 Å². The Morgan fingerprint density at radius 2 is 2.29 bits per heavy atom. The van der Waals surface area contributed by atoms with Crippen LogP contribution in [0.3, 0.4) is 0 Å². The summed E-state index contributed by atoms with van der Waals surface area (Å²) in [6.07, 6.45) is 3.07. The molecule has 0 radical (unpaired) electrons. The molecule has 0 aliphatic carbocycles. The van der Waals surface area contributed by atoms with E-state index in [9.17, 15) is 8.42 Å². The summed E-state index contributed by atoms with van der Waals surface area (Å²) in [6.45, 7) is 2.02. The van der Waals surface area contributed by atoms with Gasteiger partial charge in [-0.2, -0.15) is 0 Å². The van der Waals surface area contributed by atoms with E-state index in [4.69, 9.17) is 5.73 Å². The number of sulfonamides is 1. The van der Waals surface area contributed by atoms with Gasteiger partial charge >= 0.3 is 0 Å². The number of hydrogen-bond acceptors (Lipinski definition) is 5. The second kappa shape index (κ2) is 6.87. The Balaban J connectivity index is 2.32. The minimum atomic E-state index is -3.72. The summed E-state index contributed by atoms with van der Waals surface area (Å²) in [5.74, 6) is -0.00729. The number of nitrogens with zero attached hydrogens (tertiary/aromatic N) is 1. The van der Waals surface area contributed by atoms with Crippen LogP contribution in [-0.4, -0.2) is 13.4 Å². The van der Waals surface area contributed by atoms with Crippen LogP contribution in [-0.2, 0) is 10.0 Å². The Labute approximate surface area is 136 Å². The van der Waals surface area contributed by atoms with Crippen molar-refractivity contribution in [2.24, 2.45) is 0 Å². The summed E-state index contributed by atoms with van der Waals surface area (Å²) in [7, 11) is -3.72. The largest absolute Gasteiger partial charge is 0.383 e. The highest BCUT2D eigenvalue weighted by Crippen LogP contribution is 2.27. The summed E-state index contributed by atoms with van der Waals surface area (Å²) in [5.41, 5.74) is 5.70. The van der Waals surface area contributed by atoms with Crippen LogP contribution in [0.4, 0.5) is 5.82 Å². The molecule has 1 atom stereocenters. The van der Waals surface area contributed by atoms with Gasteiger partial charge in [-0.25, -0.2) is 18.1 Å². The summed E-state index contributed by atoms with van der Waals surface area (Å²) in [4.78, 5) is 4.86. The number of nitrogens with one attached hydrogen (secondary N) is 1. The number of rotatable bonds is 6. The second-order valence-corrected chi connectivity index (χ2v) is 8.09. The molecule has 2 heterocycles. The van der Waals surface area contributed by atoms with Crippen molar-refractivity contribution in [3.05, 3.63) is 39.1 Å². The van der Waals surface area contributed by atoms with E-state index in [1.165, 1.54) is 23.6 Å². The lowest BCUT2D eigenvalue weighted by Gasteiger charge is -2.17. The molecule has 5 nitrogen and oxygen atoms in total. The van der Waals surface area contributed by atoms with E-state index in [0.717, 1.165) is 17.7 Å². The maximum absolute atomic E-state index is 12.5. The molecule has 114 valence electrons. The Kier molecular flexibility index (Phi) is 5.37. The van der Waals surface area contributed by atoms with Gasteiger partial charge in [-0.3, -0.25) is 0 Å². The second-order valence-electron chi connectivity index (χ2n) is 4.51. The molecule has 8 heteroatoms. The molecule has 2 aromatic heterocycles. The summed E-state index contributed by atoms with van der Waals surface area (Å²) in [5, 5.41) is 1.93. The number of anilines is 1. The van der Waals surface area contributed by atoms with Crippen molar-refractivity contribution in [1.82, 2.24) is 9.71 Å². The molecule has 3 N–H and O–H groups in total. The van der Waals surface area contributed by atoms with Gasteiger partial charge in [-0.05, 0) is 39.9 Å². The molecular weight excluding hydrogens is 374 g/mol. The van der Waals surface area contributed by atoms with Crippen molar-refractivity contribution >= 4 is 43.1 Å². The van der Waals surface area contributed by atoms with E-state index in [0.29, 0.717) is 4.47 Å². The number of halogens is 1. The van der Waals surface area contributed by atoms with E-state index in [-0.39, 0.29) is 16.8 Å². The van der Waals surface area contributed by atoms with Crippen molar-refractivity contribution in [2.75, 3.05) is 5.73 Å². The first-order valence-electron chi connectivity index (χ1n) is 6.40. The van der Waals surface area contributed by atoms with Gasteiger partial charge < -0.3 is 5.73 Å². The monoisotopic (exact) mass is 389 g/mol. The molecule has 0 fully saturated rings. The highest BCUT2D eigenvalue weighted by atomic mass is 79.9. The molecule has 0 saturated heterocycles. The van der Waals surface area contributed by atoms with Crippen molar-refractivity contribution in [2.45, 2.75) is 30.7 Å². The summed E-state index contributed by atoms with van der Waals surface area (Å²) < 4.78 is 28.4. The predicted molar refractivity (Wildman–Crippen MR) is 88.6 cm³/mol. The maximum atomic E-state index is 12.5. The standard InChI is InChI=1S/C13H16BrN3O2S2/c1-2-4-10(11-5-3-6-20-11)17-21(18,19)12-7-9(14)8-16-13(12)15/h3,5-8,10,17H,2,4H2,1H3,(H2,15,16). The van der Waals surface area contributed by atoms with Gasteiger partial charge in [-0.15, -0.1) is 11.3 Å². The van der Waals surface area contributed by atoms with E-state index >= 15 is 0 Å². The average Bonchev–Trinajstić information content (AvgIpc) is 2.95. The minimum absolute atomic E-state index is 0.00506. The number of pyridine rings is 1. The van der Waals surface area contributed by atoms with E-state index in [2.05, 4.69) is 25.6 Å². The lowest BCUT2D eigenvalue weighted by Crippen LogP contribution is -2.29. The molecule has 0 aliphatic heterocycles. The third-order valence-electron chi connectivity index (χ3n) is 2.90. The Bertz CT molecular complexity index is 702. The Morgan fingerprint density at radius 3 is 2.90 bits per heavy atom. The maximum Gasteiger partial charge on any atom is 0.244 e. The van der Waals surface area contributed by atoms with Gasteiger partial charge in [0.2, 0.25) is 10.0 Å². The van der Waals surface area contributed by atoms with E-state index in [1.807, 2.05) is 24.4 Å². The van der Waals surface area contributed by atoms with Crippen LogP contribution in [0.1, 0.15) is 30.7 Å². The van der Waals surface area contributed by atoms with Crippen LogP contribution in [0.15, 0.2) is 39.1 Å². The first-order valence-corrected chi connectivity index (χ1v) is 9.56. The lowest BCUT2D eigenvalue weighted by molar-refractivity contribution is 0.540. The number of nitrogens with two attached hydrogens (primary N) is 1. The fourth-order valence-corrected chi connectivity index (χ4v) is 4.66. The summed E-state index contributed by atoms with van der Waals surface area (Å²) in [6, 6.07) is 5.04. The van der Waals surface area contributed by atoms with E-state index in [1.54, 1.807) is 0 Å². The normalized spacial score (nSPS) is 13.2. The molecule has 0 saturated carbocycles. The van der Waals surface area contributed by atoms with Crippen LogP contribution in [0.2, 0.25) is 0 Å². The summed E-state index contributed by atoms with van der Waals surface area (Å²) >= 11 is 4.75. The molecular formula is C13H16BrN3O2S2. The van der Waals surface area contributed by atoms with Crippen LogP contribution in [0.25, 0.3) is 0 Å². The predicted octanol–water partition coefficient (Wildman–Crippen LogP) is 3.31. The number of hydrogen-bond donors (Lipinski definition) is 2. The zero-order valence-corrected chi connectivity index (χ0v) is 14.6. The molecule has 0 aliphatic rings. The molecule has 2 rings (SSSR count). The lowest BCUT2D eigenvalue weighted by atomic mass is 10.1. The highest BCUT2D eigenvalue weighted by molar-refractivity contribution is 9.10. The van der Waals surface area contributed by atoms with Crippen molar-refractivity contribution < 1.29 is 8.42 Å². The Morgan fingerprint density at radius 1 is 1.52 bits per heavy atom. The smallest absolute Gasteiger partial charge is 0.244 e. The molecule has 0 aromatic carbocycles. The fraction of sp³-hybridized carbons (Fsp3) is 0.308. The third kappa shape index (κ3) is 4.03. The zero-order valence-electron chi connectivity index (χ0n) is 11.4. The SMILES string of the molecule is CCCC(NS(=O)(=O)c1cc(Br)cnc1N)c1cccs1. The van der Waals surface area contributed by atoms with Crippen molar-refractivity contribution in [3.63, 3.8) is 0 Å². The van der Waals surface area contributed by atoms with Crippen LogP contribution >= 0.6 is 27.3 Å². The molecule has 0 spiro atoms. The Hall–Kier alpha value is -0.960. The molecule has 21 heavy (non-hydrogen) atoms. The van der Waals surface area contributed by atoms with Gasteiger partial charge in [0.05, 0.1) is 6.04 Å². The van der Waals surface area contributed by atoms with Gasteiger partial charge in [0.1, 0.15) is 10.7 Å². The van der Waals surface area contributed by atoms with Gasteiger partial charge in [0.25, 0.3) is 0 Å². The topological polar surface area (TPSA) is 85.1 Å². The first kappa shape index (κ1) is 16.4. The molecule has 1 unspecified atom stereocenters. The number of aromatic nitrogens is 1. The fourth-order valence-electron chi connectivity index (χ4n) is 1.93. The van der Waals surface area contributed by atoms with Crippen molar-refractivity contribution in [3.8, 4) is 0 Å². The molecule has 0 amide bonds. The zero-order chi connectivity index (χ0) is 15.5. The van der Waals surface area contributed by atoms with Crippen LogP contribution < -0.4 is 10.5 Å². The van der Waals surface area contributed by atoms with Crippen molar-refractivity contribution in [1.29, 1.82) is 0 Å². The minimum Gasteiger partial charge on any atom is -0.383 e.